The van der Waals surface area contributed by atoms with Crippen molar-refractivity contribution in [3.05, 3.63) is 42.6 Å². The summed E-state index contributed by atoms with van der Waals surface area (Å²) in [5.74, 6) is 3.08. The van der Waals surface area contributed by atoms with Crippen molar-refractivity contribution in [2.24, 2.45) is 0 Å². The first-order chi connectivity index (χ1) is 12.8. The normalized spacial score (nSPS) is 14.7. The first-order valence-corrected chi connectivity index (χ1v) is 8.84. The molecule has 5 nitrogen and oxygen atoms in total. The SMILES string of the molecule is ClC[n+]1cc2c3c(ccc2c2ccc4cc5c(cc4c21)OCO5)OCO3. The lowest BCUT2D eigenvalue weighted by atomic mass is 10.00. The van der Waals surface area contributed by atoms with Gasteiger partial charge in [0, 0.05) is 5.39 Å². The van der Waals surface area contributed by atoms with Gasteiger partial charge < -0.3 is 18.9 Å². The summed E-state index contributed by atoms with van der Waals surface area (Å²) in [6.45, 7) is 0.500. The molecule has 128 valence electrons. The van der Waals surface area contributed by atoms with Gasteiger partial charge in [0.15, 0.2) is 29.2 Å². The van der Waals surface area contributed by atoms with Crippen LogP contribution in [-0.4, -0.2) is 13.6 Å². The zero-order valence-electron chi connectivity index (χ0n) is 13.6. The zero-order valence-corrected chi connectivity index (χ0v) is 14.4. The summed E-state index contributed by atoms with van der Waals surface area (Å²) < 4.78 is 24.3. The number of fused-ring (bicyclic) bond motifs is 8. The highest BCUT2D eigenvalue weighted by Gasteiger charge is 2.25. The largest absolute Gasteiger partial charge is 0.454 e. The maximum absolute atomic E-state index is 6.31. The number of alkyl halides is 1. The minimum absolute atomic E-state index is 0.245. The van der Waals surface area contributed by atoms with Crippen molar-refractivity contribution >= 4 is 44.0 Å². The minimum atomic E-state index is 0.245. The molecule has 0 fully saturated rings. The van der Waals surface area contributed by atoms with Crippen molar-refractivity contribution < 1.29 is 23.5 Å². The number of halogens is 1. The number of hydrogen-bond donors (Lipinski definition) is 0. The van der Waals surface area contributed by atoms with Crippen molar-refractivity contribution in [2.45, 2.75) is 6.00 Å². The number of ether oxygens (including phenoxy) is 4. The van der Waals surface area contributed by atoms with Crippen molar-refractivity contribution in [3.63, 3.8) is 0 Å². The van der Waals surface area contributed by atoms with Crippen LogP contribution in [0.3, 0.4) is 0 Å². The van der Waals surface area contributed by atoms with Gasteiger partial charge in [-0.25, -0.2) is 0 Å². The van der Waals surface area contributed by atoms with Gasteiger partial charge in [-0.2, -0.15) is 4.57 Å². The third-order valence-electron chi connectivity index (χ3n) is 5.05. The van der Waals surface area contributed by atoms with E-state index in [1.54, 1.807) is 0 Å². The second-order valence-electron chi connectivity index (χ2n) is 6.37. The molecular formula is C20H13ClNO4+. The van der Waals surface area contributed by atoms with E-state index in [4.69, 9.17) is 30.5 Å². The molecule has 0 unspecified atom stereocenters. The Labute approximate surface area is 153 Å². The van der Waals surface area contributed by atoms with Crippen LogP contribution in [0.15, 0.2) is 42.6 Å². The van der Waals surface area contributed by atoms with Crippen molar-refractivity contribution in [2.75, 3.05) is 13.6 Å². The second kappa shape index (κ2) is 5.05. The molecule has 0 N–H and O–H groups in total. The molecule has 0 saturated carbocycles. The van der Waals surface area contributed by atoms with Crippen LogP contribution >= 0.6 is 11.6 Å². The minimum Gasteiger partial charge on any atom is -0.454 e. The van der Waals surface area contributed by atoms with E-state index in [2.05, 4.69) is 18.2 Å². The number of nitrogens with zero attached hydrogens (tertiary/aromatic N) is 1. The van der Waals surface area contributed by atoms with E-state index in [0.29, 0.717) is 6.00 Å². The third-order valence-corrected chi connectivity index (χ3v) is 5.31. The predicted octanol–water partition coefficient (Wildman–Crippen LogP) is 4.09. The Balaban J connectivity index is 1.80. The summed E-state index contributed by atoms with van der Waals surface area (Å²) in [5, 5.41) is 5.36. The van der Waals surface area contributed by atoms with Crippen molar-refractivity contribution in [1.82, 2.24) is 0 Å². The maximum atomic E-state index is 6.31. The summed E-state index contributed by atoms with van der Waals surface area (Å²) >= 11 is 6.31. The molecule has 26 heavy (non-hydrogen) atoms. The second-order valence-corrected chi connectivity index (χ2v) is 6.61. The monoisotopic (exact) mass is 366 g/mol. The molecule has 0 atom stereocenters. The average Bonchev–Trinajstić information content (AvgIpc) is 3.33. The van der Waals surface area contributed by atoms with Crippen LogP contribution in [0.25, 0.3) is 32.4 Å². The summed E-state index contributed by atoms with van der Waals surface area (Å²) in [6.07, 6.45) is 2.03. The first-order valence-electron chi connectivity index (χ1n) is 8.30. The van der Waals surface area contributed by atoms with Crippen LogP contribution in [0.1, 0.15) is 0 Å². The number of hydrogen-bond acceptors (Lipinski definition) is 4. The van der Waals surface area contributed by atoms with E-state index in [0.717, 1.165) is 55.4 Å². The molecule has 1 aromatic heterocycles. The molecule has 6 heteroatoms. The summed E-state index contributed by atoms with van der Waals surface area (Å²) in [5.41, 5.74) is 1.06. The van der Waals surface area contributed by atoms with Crippen LogP contribution in [0.4, 0.5) is 0 Å². The van der Waals surface area contributed by atoms with E-state index in [9.17, 15) is 0 Å². The molecule has 3 heterocycles. The van der Waals surface area contributed by atoms with Crippen LogP contribution in [0.2, 0.25) is 0 Å². The van der Waals surface area contributed by atoms with E-state index in [-0.39, 0.29) is 13.6 Å². The standard InChI is InChI=1S/C20H13ClNO4/c21-8-22-7-15-12(3-4-16-20(15)26-10-23-16)13-2-1-11-5-17-18(25-9-24-17)6-14(11)19(13)22/h1-7H,8-10H2/q+1. The Morgan fingerprint density at radius 3 is 2.42 bits per heavy atom. The Hall–Kier alpha value is -2.92. The van der Waals surface area contributed by atoms with Gasteiger partial charge in [-0.05, 0) is 35.7 Å². The molecule has 0 radical (unpaired) electrons. The fourth-order valence-corrected chi connectivity index (χ4v) is 4.08. The van der Waals surface area contributed by atoms with E-state index in [1.165, 1.54) is 0 Å². The summed E-state index contributed by atoms with van der Waals surface area (Å²) in [7, 11) is 0. The highest BCUT2D eigenvalue weighted by molar-refractivity contribution is 6.17. The molecule has 0 spiro atoms. The van der Waals surface area contributed by atoms with Gasteiger partial charge >= 0.3 is 0 Å². The Kier molecular flexibility index (Phi) is 2.77. The molecule has 0 amide bonds. The molecule has 2 aliphatic heterocycles. The molecule has 4 aromatic rings. The number of aromatic nitrogens is 1. The quantitative estimate of drug-likeness (QED) is 0.289. The van der Waals surface area contributed by atoms with Gasteiger partial charge in [0.1, 0.15) is 0 Å². The van der Waals surface area contributed by atoms with E-state index >= 15 is 0 Å². The number of rotatable bonds is 1. The lowest BCUT2D eigenvalue weighted by Gasteiger charge is -2.09. The Morgan fingerprint density at radius 1 is 0.769 bits per heavy atom. The molecule has 0 saturated heterocycles. The third kappa shape index (κ3) is 1.78. The van der Waals surface area contributed by atoms with Crippen molar-refractivity contribution in [3.8, 4) is 23.0 Å². The highest BCUT2D eigenvalue weighted by Crippen LogP contribution is 2.43. The van der Waals surface area contributed by atoms with Crippen molar-refractivity contribution in [1.29, 1.82) is 0 Å². The zero-order chi connectivity index (χ0) is 17.3. The fraction of sp³-hybridized carbons (Fsp3) is 0.150. The molecule has 0 bridgehead atoms. The first kappa shape index (κ1) is 14.3. The van der Waals surface area contributed by atoms with Gasteiger partial charge in [0.2, 0.25) is 25.1 Å². The number of pyridine rings is 1. The van der Waals surface area contributed by atoms with Gasteiger partial charge in [0.25, 0.3) is 0 Å². The van der Waals surface area contributed by atoms with E-state index in [1.807, 2.05) is 29.0 Å². The molecule has 0 aliphatic carbocycles. The van der Waals surface area contributed by atoms with Crippen LogP contribution < -0.4 is 23.5 Å². The van der Waals surface area contributed by atoms with Crippen LogP contribution in [-0.2, 0) is 6.00 Å². The van der Waals surface area contributed by atoms with Gasteiger partial charge in [0.05, 0.1) is 16.2 Å². The lowest BCUT2D eigenvalue weighted by molar-refractivity contribution is -0.649. The smallest absolute Gasteiger partial charge is 0.231 e. The Bertz CT molecular complexity index is 1240. The molecule has 6 rings (SSSR count). The average molecular weight is 367 g/mol. The highest BCUT2D eigenvalue weighted by atomic mass is 35.5. The van der Waals surface area contributed by atoms with Crippen LogP contribution in [0.5, 0.6) is 23.0 Å². The maximum Gasteiger partial charge on any atom is 0.231 e. The molecule has 3 aromatic carbocycles. The predicted molar refractivity (Wildman–Crippen MR) is 97.3 cm³/mol. The lowest BCUT2D eigenvalue weighted by Crippen LogP contribution is -2.31. The number of benzene rings is 3. The molecular weight excluding hydrogens is 354 g/mol. The Morgan fingerprint density at radius 2 is 1.54 bits per heavy atom. The molecule has 2 aliphatic rings. The van der Waals surface area contributed by atoms with Gasteiger partial charge in [-0.15, -0.1) is 0 Å². The van der Waals surface area contributed by atoms with Crippen LogP contribution in [0, 0.1) is 0 Å². The van der Waals surface area contributed by atoms with Gasteiger partial charge in [-0.3, -0.25) is 0 Å². The summed E-state index contributed by atoms with van der Waals surface area (Å²) in [4.78, 5) is 0. The van der Waals surface area contributed by atoms with Gasteiger partial charge in [-0.1, -0.05) is 17.7 Å². The fourth-order valence-electron chi connectivity index (χ4n) is 3.90. The van der Waals surface area contributed by atoms with E-state index < -0.39 is 0 Å². The topological polar surface area (TPSA) is 40.8 Å². The summed E-state index contributed by atoms with van der Waals surface area (Å²) in [6, 6.07) is 12.6.